The van der Waals surface area contributed by atoms with Crippen LogP contribution in [0.3, 0.4) is 0 Å². The zero-order valence-corrected chi connectivity index (χ0v) is 10.2. The number of nitrogens with one attached hydrogen (secondary N) is 3. The Morgan fingerprint density at radius 1 is 1.28 bits per heavy atom. The Morgan fingerprint density at radius 3 is 3.11 bits per heavy atom. The van der Waals surface area contributed by atoms with Crippen LogP contribution in [0.15, 0.2) is 30.6 Å². The zero-order chi connectivity index (χ0) is 12.4. The van der Waals surface area contributed by atoms with E-state index in [1.165, 1.54) is 0 Å². The highest BCUT2D eigenvalue weighted by molar-refractivity contribution is 5.80. The molecule has 5 heteroatoms. The quantitative estimate of drug-likeness (QED) is 0.651. The number of rotatable bonds is 4. The van der Waals surface area contributed by atoms with Crippen LogP contribution in [0, 0.1) is 0 Å². The normalized spacial score (nSPS) is 11.2. The number of aromatic nitrogens is 4. The van der Waals surface area contributed by atoms with Gasteiger partial charge in [0, 0.05) is 24.2 Å². The van der Waals surface area contributed by atoms with Crippen LogP contribution in [0.2, 0.25) is 0 Å². The minimum Gasteiger partial charge on any atom is -0.345 e. The van der Waals surface area contributed by atoms with Gasteiger partial charge in [-0.2, -0.15) is 5.10 Å². The van der Waals surface area contributed by atoms with Crippen molar-refractivity contribution in [3.63, 3.8) is 0 Å². The second-order valence-electron chi connectivity index (χ2n) is 4.27. The summed E-state index contributed by atoms with van der Waals surface area (Å²) < 4.78 is 0. The molecule has 0 atom stereocenters. The van der Waals surface area contributed by atoms with E-state index in [4.69, 9.17) is 0 Å². The van der Waals surface area contributed by atoms with E-state index in [1.54, 1.807) is 6.33 Å². The van der Waals surface area contributed by atoms with E-state index >= 15 is 0 Å². The molecule has 3 rings (SSSR count). The molecule has 0 unspecified atom stereocenters. The third-order valence-corrected chi connectivity index (χ3v) is 2.99. The molecule has 18 heavy (non-hydrogen) atoms. The third-order valence-electron chi connectivity index (χ3n) is 2.99. The Labute approximate surface area is 105 Å². The summed E-state index contributed by atoms with van der Waals surface area (Å²) in [6, 6.07) is 8.21. The smallest absolute Gasteiger partial charge is 0.0931 e. The van der Waals surface area contributed by atoms with E-state index in [9.17, 15) is 0 Å². The molecule has 0 spiro atoms. The first-order valence-electron chi connectivity index (χ1n) is 5.99. The third kappa shape index (κ3) is 2.00. The van der Waals surface area contributed by atoms with Crippen molar-refractivity contribution >= 4 is 11.0 Å². The summed E-state index contributed by atoms with van der Waals surface area (Å²) in [7, 11) is 1.95. The van der Waals surface area contributed by atoms with Crippen molar-refractivity contribution in [2.75, 3.05) is 13.6 Å². The van der Waals surface area contributed by atoms with Crippen LogP contribution in [0.4, 0.5) is 0 Å². The number of likely N-dealkylation sites (N-methyl/N-ethyl adjacent to an activating group) is 1. The molecule has 3 aromatic rings. The lowest BCUT2D eigenvalue weighted by molar-refractivity contribution is 0.772. The Kier molecular flexibility index (Phi) is 2.82. The number of aromatic amines is 2. The first kappa shape index (κ1) is 11.0. The highest BCUT2D eigenvalue weighted by Gasteiger charge is 2.05. The molecule has 2 heterocycles. The molecule has 5 nitrogen and oxygen atoms in total. The lowest BCUT2D eigenvalue weighted by atomic mass is 10.1. The number of nitrogens with zero attached hydrogens (tertiary/aromatic N) is 2. The lowest BCUT2D eigenvalue weighted by Gasteiger charge is -1.96. The van der Waals surface area contributed by atoms with E-state index < -0.39 is 0 Å². The number of fused-ring (bicyclic) bond motifs is 1. The van der Waals surface area contributed by atoms with Crippen molar-refractivity contribution in [3.8, 4) is 11.3 Å². The maximum Gasteiger partial charge on any atom is 0.0931 e. The molecule has 0 aliphatic carbocycles. The number of imidazole rings is 1. The van der Waals surface area contributed by atoms with Crippen molar-refractivity contribution in [2.45, 2.75) is 6.42 Å². The molecular weight excluding hydrogens is 226 g/mol. The van der Waals surface area contributed by atoms with Crippen molar-refractivity contribution < 1.29 is 0 Å². The van der Waals surface area contributed by atoms with Crippen LogP contribution in [0.5, 0.6) is 0 Å². The minimum absolute atomic E-state index is 0.946. The van der Waals surface area contributed by atoms with Crippen LogP contribution < -0.4 is 5.32 Å². The van der Waals surface area contributed by atoms with E-state index in [1.807, 2.05) is 19.2 Å². The Bertz CT molecular complexity index is 652. The number of benzene rings is 1. The zero-order valence-electron chi connectivity index (χ0n) is 10.2. The van der Waals surface area contributed by atoms with Gasteiger partial charge in [0.2, 0.25) is 0 Å². The number of H-pyrrole nitrogens is 2. The average Bonchev–Trinajstić information content (AvgIpc) is 3.04. The monoisotopic (exact) mass is 241 g/mol. The van der Waals surface area contributed by atoms with Gasteiger partial charge in [0.05, 0.1) is 23.1 Å². The van der Waals surface area contributed by atoms with Crippen LogP contribution in [-0.4, -0.2) is 33.8 Å². The standard InChI is InChI=1S/C13H15N5/c1-14-5-4-10-7-12(18-17-10)9-2-3-11-13(6-9)16-8-15-11/h2-3,6-8,14H,4-5H2,1H3,(H,15,16)(H,17,18). The van der Waals surface area contributed by atoms with Crippen LogP contribution >= 0.6 is 0 Å². The van der Waals surface area contributed by atoms with Gasteiger partial charge in [-0.15, -0.1) is 0 Å². The molecule has 0 aliphatic heterocycles. The fourth-order valence-electron chi connectivity index (χ4n) is 1.99. The van der Waals surface area contributed by atoms with E-state index in [0.717, 1.165) is 41.0 Å². The predicted octanol–water partition coefficient (Wildman–Crippen LogP) is 1.71. The summed E-state index contributed by atoms with van der Waals surface area (Å²) >= 11 is 0. The molecule has 3 N–H and O–H groups in total. The highest BCUT2D eigenvalue weighted by atomic mass is 15.1. The van der Waals surface area contributed by atoms with Crippen molar-refractivity contribution in [2.24, 2.45) is 0 Å². The van der Waals surface area contributed by atoms with E-state index in [-0.39, 0.29) is 0 Å². The first-order valence-corrected chi connectivity index (χ1v) is 5.99. The SMILES string of the molecule is CNCCc1cc(-c2ccc3nc[nH]c3c2)n[nH]1. The molecule has 0 saturated heterocycles. The average molecular weight is 241 g/mol. The maximum absolute atomic E-state index is 4.34. The fourth-order valence-corrected chi connectivity index (χ4v) is 1.99. The van der Waals surface area contributed by atoms with Gasteiger partial charge in [0.1, 0.15) is 0 Å². The number of hydrogen-bond acceptors (Lipinski definition) is 3. The van der Waals surface area contributed by atoms with Gasteiger partial charge in [-0.05, 0) is 25.2 Å². The summed E-state index contributed by atoms with van der Waals surface area (Å²) in [4.78, 5) is 7.32. The molecule has 0 bridgehead atoms. The largest absolute Gasteiger partial charge is 0.345 e. The molecule has 0 fully saturated rings. The van der Waals surface area contributed by atoms with Gasteiger partial charge in [-0.25, -0.2) is 4.98 Å². The van der Waals surface area contributed by atoms with Gasteiger partial charge in [-0.3, -0.25) is 5.10 Å². The van der Waals surface area contributed by atoms with Gasteiger partial charge < -0.3 is 10.3 Å². The van der Waals surface area contributed by atoms with Crippen LogP contribution in [-0.2, 0) is 6.42 Å². The predicted molar refractivity (Wildman–Crippen MR) is 71.3 cm³/mol. The molecule has 0 aliphatic rings. The van der Waals surface area contributed by atoms with E-state index in [0.29, 0.717) is 0 Å². The maximum atomic E-state index is 4.34. The van der Waals surface area contributed by atoms with Gasteiger partial charge in [0.15, 0.2) is 0 Å². The van der Waals surface area contributed by atoms with Crippen molar-refractivity contribution in [1.82, 2.24) is 25.5 Å². The Morgan fingerprint density at radius 2 is 2.22 bits per heavy atom. The van der Waals surface area contributed by atoms with E-state index in [2.05, 4.69) is 37.6 Å². The van der Waals surface area contributed by atoms with Crippen LogP contribution in [0.1, 0.15) is 5.69 Å². The first-order chi connectivity index (χ1) is 8.86. The Hall–Kier alpha value is -2.14. The molecular formula is C13H15N5. The topological polar surface area (TPSA) is 69.4 Å². The van der Waals surface area contributed by atoms with Gasteiger partial charge in [0.25, 0.3) is 0 Å². The summed E-state index contributed by atoms with van der Waals surface area (Å²) in [5.41, 5.74) is 5.22. The molecule has 0 saturated carbocycles. The summed E-state index contributed by atoms with van der Waals surface area (Å²) in [6.45, 7) is 0.946. The van der Waals surface area contributed by atoms with Crippen molar-refractivity contribution in [1.29, 1.82) is 0 Å². The minimum atomic E-state index is 0.946. The Balaban J connectivity index is 1.90. The molecule has 92 valence electrons. The lowest BCUT2D eigenvalue weighted by Crippen LogP contribution is -2.10. The second kappa shape index (κ2) is 4.62. The molecule has 2 aromatic heterocycles. The molecule has 0 radical (unpaired) electrons. The highest BCUT2D eigenvalue weighted by Crippen LogP contribution is 2.21. The summed E-state index contributed by atoms with van der Waals surface area (Å²) in [5, 5.41) is 10.5. The fraction of sp³-hybridized carbons (Fsp3) is 0.231. The van der Waals surface area contributed by atoms with Gasteiger partial charge >= 0.3 is 0 Å². The van der Waals surface area contributed by atoms with Gasteiger partial charge in [-0.1, -0.05) is 6.07 Å². The molecule has 1 aromatic carbocycles. The molecule has 0 amide bonds. The van der Waals surface area contributed by atoms with Crippen LogP contribution in [0.25, 0.3) is 22.3 Å². The summed E-state index contributed by atoms with van der Waals surface area (Å²) in [5.74, 6) is 0. The number of hydrogen-bond donors (Lipinski definition) is 3. The van der Waals surface area contributed by atoms with Crippen molar-refractivity contribution in [3.05, 3.63) is 36.3 Å². The summed E-state index contributed by atoms with van der Waals surface area (Å²) in [6.07, 6.45) is 2.66. The second-order valence-corrected chi connectivity index (χ2v) is 4.27.